The predicted molar refractivity (Wildman–Crippen MR) is 58.2 cm³/mol. The van der Waals surface area contributed by atoms with Gasteiger partial charge in [0, 0.05) is 12.6 Å². The Morgan fingerprint density at radius 3 is 2.36 bits per heavy atom. The second-order valence-corrected chi connectivity index (χ2v) is 3.65. The minimum Gasteiger partial charge on any atom is -0.469 e. The van der Waals surface area contributed by atoms with Crippen molar-refractivity contribution < 1.29 is 9.53 Å². The number of hydrogen-bond acceptors (Lipinski definition) is 3. The van der Waals surface area contributed by atoms with Crippen LogP contribution in [0.25, 0.3) is 0 Å². The number of carbonyl (C=O) groups excluding carboxylic acids is 1. The number of rotatable bonds is 7. The zero-order valence-electron chi connectivity index (χ0n) is 9.80. The van der Waals surface area contributed by atoms with Crippen molar-refractivity contribution in [3.8, 4) is 0 Å². The van der Waals surface area contributed by atoms with Crippen LogP contribution >= 0.6 is 0 Å². The molecule has 0 saturated carbocycles. The number of ether oxygens (including phenoxy) is 1. The molecular formula is C11H23NO2. The Kier molecular flexibility index (Phi) is 7.48. The van der Waals surface area contributed by atoms with Gasteiger partial charge < -0.3 is 10.1 Å². The van der Waals surface area contributed by atoms with Crippen molar-refractivity contribution in [1.82, 2.24) is 5.32 Å². The molecular weight excluding hydrogens is 178 g/mol. The monoisotopic (exact) mass is 201 g/mol. The summed E-state index contributed by atoms with van der Waals surface area (Å²) in [7, 11) is 1.42. The number of carbonyl (C=O) groups is 1. The summed E-state index contributed by atoms with van der Waals surface area (Å²) in [4.78, 5) is 10.8. The number of hydrogen-bond donors (Lipinski definition) is 1. The molecule has 0 aliphatic rings. The van der Waals surface area contributed by atoms with Crippen molar-refractivity contribution in [2.75, 3.05) is 13.7 Å². The first kappa shape index (κ1) is 13.4. The highest BCUT2D eigenvalue weighted by atomic mass is 16.5. The van der Waals surface area contributed by atoms with Crippen molar-refractivity contribution in [2.45, 2.75) is 46.1 Å². The van der Waals surface area contributed by atoms with Crippen molar-refractivity contribution in [2.24, 2.45) is 5.92 Å². The van der Waals surface area contributed by atoms with E-state index in [0.717, 1.165) is 0 Å². The zero-order chi connectivity index (χ0) is 11.0. The molecule has 0 aliphatic heterocycles. The SMILES string of the molecule is CCC(CC)C(C)NCCC(=O)OC. The normalized spacial score (nSPS) is 12.9. The third-order valence-electron chi connectivity index (χ3n) is 2.78. The van der Waals surface area contributed by atoms with Crippen LogP contribution in [0, 0.1) is 5.92 Å². The van der Waals surface area contributed by atoms with Gasteiger partial charge in [0.05, 0.1) is 13.5 Å². The Balaban J connectivity index is 3.61. The van der Waals surface area contributed by atoms with E-state index in [9.17, 15) is 4.79 Å². The fraction of sp³-hybridized carbons (Fsp3) is 0.909. The summed E-state index contributed by atoms with van der Waals surface area (Å²) in [5.41, 5.74) is 0. The van der Waals surface area contributed by atoms with Gasteiger partial charge in [-0.15, -0.1) is 0 Å². The van der Waals surface area contributed by atoms with Gasteiger partial charge in [-0.05, 0) is 12.8 Å². The summed E-state index contributed by atoms with van der Waals surface area (Å²) in [6, 6.07) is 0.481. The quantitative estimate of drug-likeness (QED) is 0.640. The Labute approximate surface area is 87.2 Å². The van der Waals surface area contributed by atoms with Gasteiger partial charge in [-0.3, -0.25) is 4.79 Å². The lowest BCUT2D eigenvalue weighted by atomic mass is 9.95. The maximum absolute atomic E-state index is 10.8. The van der Waals surface area contributed by atoms with Crippen LogP contribution in [0.15, 0.2) is 0 Å². The fourth-order valence-corrected chi connectivity index (χ4v) is 1.67. The maximum Gasteiger partial charge on any atom is 0.306 e. The molecule has 0 rings (SSSR count). The first-order valence-electron chi connectivity index (χ1n) is 5.45. The molecule has 0 aromatic rings. The molecule has 0 radical (unpaired) electrons. The molecule has 3 heteroatoms. The summed E-state index contributed by atoms with van der Waals surface area (Å²) >= 11 is 0. The van der Waals surface area contributed by atoms with Crippen molar-refractivity contribution in [1.29, 1.82) is 0 Å². The highest BCUT2D eigenvalue weighted by Gasteiger charge is 2.12. The molecule has 14 heavy (non-hydrogen) atoms. The predicted octanol–water partition coefficient (Wildman–Crippen LogP) is 1.96. The van der Waals surface area contributed by atoms with E-state index in [-0.39, 0.29) is 5.97 Å². The van der Waals surface area contributed by atoms with Crippen LogP contribution in [0.1, 0.15) is 40.0 Å². The fourth-order valence-electron chi connectivity index (χ4n) is 1.67. The van der Waals surface area contributed by atoms with Crippen LogP contribution in [-0.4, -0.2) is 25.7 Å². The molecule has 1 N–H and O–H groups in total. The number of esters is 1. The van der Waals surface area contributed by atoms with Gasteiger partial charge in [-0.1, -0.05) is 26.7 Å². The topological polar surface area (TPSA) is 38.3 Å². The lowest BCUT2D eigenvalue weighted by Crippen LogP contribution is -2.34. The highest BCUT2D eigenvalue weighted by molar-refractivity contribution is 5.69. The lowest BCUT2D eigenvalue weighted by molar-refractivity contribution is -0.140. The lowest BCUT2D eigenvalue weighted by Gasteiger charge is -2.22. The van der Waals surface area contributed by atoms with E-state index in [1.807, 2.05) is 0 Å². The molecule has 1 atom stereocenters. The summed E-state index contributed by atoms with van der Waals surface area (Å²) < 4.78 is 4.57. The van der Waals surface area contributed by atoms with E-state index in [1.54, 1.807) is 0 Å². The zero-order valence-corrected chi connectivity index (χ0v) is 9.80. The average Bonchev–Trinajstić information content (AvgIpc) is 2.19. The van der Waals surface area contributed by atoms with Gasteiger partial charge in [0.1, 0.15) is 0 Å². The minimum absolute atomic E-state index is 0.144. The number of nitrogens with one attached hydrogen (secondary N) is 1. The molecule has 0 saturated heterocycles. The van der Waals surface area contributed by atoms with Crippen LogP contribution in [0.5, 0.6) is 0 Å². The van der Waals surface area contributed by atoms with E-state index in [0.29, 0.717) is 24.9 Å². The van der Waals surface area contributed by atoms with Crippen molar-refractivity contribution in [3.63, 3.8) is 0 Å². The molecule has 1 unspecified atom stereocenters. The minimum atomic E-state index is -0.144. The maximum atomic E-state index is 10.8. The molecule has 0 heterocycles. The average molecular weight is 201 g/mol. The Bertz CT molecular complexity index is 155. The Morgan fingerprint density at radius 2 is 1.93 bits per heavy atom. The third kappa shape index (κ3) is 5.22. The molecule has 0 fully saturated rings. The Hall–Kier alpha value is -0.570. The molecule has 0 aromatic carbocycles. The van der Waals surface area contributed by atoms with E-state index >= 15 is 0 Å². The van der Waals surface area contributed by atoms with Gasteiger partial charge in [0.2, 0.25) is 0 Å². The molecule has 0 aliphatic carbocycles. The molecule has 0 spiro atoms. The molecule has 0 amide bonds. The van der Waals surface area contributed by atoms with Crippen LogP contribution in [0.3, 0.4) is 0 Å². The highest BCUT2D eigenvalue weighted by Crippen LogP contribution is 2.12. The smallest absolute Gasteiger partial charge is 0.306 e. The molecule has 0 aromatic heterocycles. The van der Waals surface area contributed by atoms with E-state index < -0.39 is 0 Å². The first-order valence-corrected chi connectivity index (χ1v) is 5.45. The summed E-state index contributed by atoms with van der Waals surface area (Å²) in [6.45, 7) is 7.29. The van der Waals surface area contributed by atoms with Crippen LogP contribution in [0.4, 0.5) is 0 Å². The summed E-state index contributed by atoms with van der Waals surface area (Å²) in [6.07, 6.45) is 2.83. The van der Waals surface area contributed by atoms with Gasteiger partial charge in [0.25, 0.3) is 0 Å². The van der Waals surface area contributed by atoms with Gasteiger partial charge >= 0.3 is 5.97 Å². The third-order valence-corrected chi connectivity index (χ3v) is 2.78. The molecule has 3 nitrogen and oxygen atoms in total. The van der Waals surface area contributed by atoms with Gasteiger partial charge in [-0.25, -0.2) is 0 Å². The first-order chi connectivity index (χ1) is 6.65. The molecule has 84 valence electrons. The second-order valence-electron chi connectivity index (χ2n) is 3.65. The van der Waals surface area contributed by atoms with Crippen molar-refractivity contribution in [3.05, 3.63) is 0 Å². The summed E-state index contributed by atoms with van der Waals surface area (Å²) in [5.74, 6) is 0.557. The van der Waals surface area contributed by atoms with E-state index in [1.165, 1.54) is 20.0 Å². The van der Waals surface area contributed by atoms with Crippen LogP contribution in [0.2, 0.25) is 0 Å². The van der Waals surface area contributed by atoms with E-state index in [4.69, 9.17) is 0 Å². The van der Waals surface area contributed by atoms with Crippen LogP contribution < -0.4 is 5.32 Å². The van der Waals surface area contributed by atoms with Crippen molar-refractivity contribution >= 4 is 5.97 Å². The number of methoxy groups -OCH3 is 1. The Morgan fingerprint density at radius 1 is 1.36 bits per heavy atom. The van der Waals surface area contributed by atoms with Gasteiger partial charge in [-0.2, -0.15) is 0 Å². The second kappa shape index (κ2) is 7.80. The van der Waals surface area contributed by atoms with E-state index in [2.05, 4.69) is 30.8 Å². The largest absolute Gasteiger partial charge is 0.469 e. The summed E-state index contributed by atoms with van der Waals surface area (Å²) in [5, 5.41) is 3.35. The van der Waals surface area contributed by atoms with Crippen LogP contribution in [-0.2, 0) is 9.53 Å². The standard InChI is InChI=1S/C11H23NO2/c1-5-10(6-2)9(3)12-8-7-11(13)14-4/h9-10,12H,5-8H2,1-4H3. The molecule has 0 bridgehead atoms. The van der Waals surface area contributed by atoms with Gasteiger partial charge in [0.15, 0.2) is 0 Å².